The van der Waals surface area contributed by atoms with Crippen LogP contribution in [0.25, 0.3) is 5.82 Å². The summed E-state index contributed by atoms with van der Waals surface area (Å²) >= 11 is 6.27. The molecule has 4 rings (SSSR count). The number of carbonyl (C=O) groups is 2. The van der Waals surface area contributed by atoms with Gasteiger partial charge in [0, 0.05) is 6.20 Å². The van der Waals surface area contributed by atoms with E-state index >= 15 is 0 Å². The van der Waals surface area contributed by atoms with Crippen LogP contribution in [-0.2, 0) is 12.7 Å². The molecule has 0 atom stereocenters. The number of nitriles is 2. The number of alkyl halides is 3. The van der Waals surface area contributed by atoms with Gasteiger partial charge in [-0.15, -0.1) is 5.10 Å². The first kappa shape index (κ1) is 27.7. The number of nitrogens with zero attached hydrogens (tertiary/aromatic N) is 8. The molecule has 0 unspecified atom stereocenters. The number of aryl methyl sites for hydroxylation is 1. The minimum Gasteiger partial charge on any atom is -0.339 e. The summed E-state index contributed by atoms with van der Waals surface area (Å²) in [5, 5.41) is 34.5. The molecule has 0 fully saturated rings. The average Bonchev–Trinajstić information content (AvgIpc) is 3.56. The second kappa shape index (κ2) is 11.2. The molecule has 0 saturated heterocycles. The van der Waals surface area contributed by atoms with Crippen molar-refractivity contribution in [3.63, 3.8) is 0 Å². The third-order valence-electron chi connectivity index (χ3n) is 5.34. The molecule has 0 aliphatic rings. The predicted octanol–water partition coefficient (Wildman–Crippen LogP) is 3.27. The predicted molar refractivity (Wildman–Crippen MR) is 132 cm³/mol. The van der Waals surface area contributed by atoms with E-state index in [1.54, 1.807) is 19.1 Å². The number of halogens is 4. The minimum absolute atomic E-state index is 0.0495. The molecule has 4 aromatic rings. The van der Waals surface area contributed by atoms with Gasteiger partial charge < -0.3 is 10.6 Å². The first-order chi connectivity index (χ1) is 19.0. The van der Waals surface area contributed by atoms with Crippen molar-refractivity contribution in [2.45, 2.75) is 19.6 Å². The normalized spacial score (nSPS) is 11.0. The summed E-state index contributed by atoms with van der Waals surface area (Å²) < 4.78 is 39.9. The number of rotatable bonds is 7. The van der Waals surface area contributed by atoms with E-state index in [0.29, 0.717) is 11.8 Å². The number of benzene rings is 1. The smallest absolute Gasteiger partial charge is 0.339 e. The van der Waals surface area contributed by atoms with Crippen molar-refractivity contribution in [3.05, 3.63) is 81.5 Å². The second-order valence-electron chi connectivity index (χ2n) is 8.12. The van der Waals surface area contributed by atoms with Gasteiger partial charge in [0.2, 0.25) is 0 Å². The molecule has 202 valence electrons. The zero-order valence-electron chi connectivity index (χ0n) is 20.4. The van der Waals surface area contributed by atoms with Crippen molar-refractivity contribution in [1.82, 2.24) is 35.1 Å². The van der Waals surface area contributed by atoms with Crippen molar-refractivity contribution in [2.24, 2.45) is 0 Å². The van der Waals surface area contributed by atoms with Gasteiger partial charge in [0.05, 0.1) is 45.9 Å². The lowest BCUT2D eigenvalue weighted by Gasteiger charge is -2.15. The molecular formula is C24H16ClF3N10O2. The van der Waals surface area contributed by atoms with Crippen LogP contribution < -0.4 is 10.6 Å². The van der Waals surface area contributed by atoms with Gasteiger partial charge in [-0.05, 0) is 42.8 Å². The highest BCUT2D eigenvalue weighted by Crippen LogP contribution is 2.27. The number of aromatic nitrogens is 6. The standard InChI is InChI=1S/C24H16ClF3N10O2/c1-13-7-14(10-30)8-16(22(39)32-6-4-29)20(13)34-23(40)18-9-15(12-37-33-11-19(36-37)24(26,27)28)35-38(18)21-17(25)3-2-5-31-21/h2-3,5,7-9,11H,6,12H2,1H3,(H,32,39)(H,34,40). The molecule has 3 heterocycles. The highest BCUT2D eigenvalue weighted by molar-refractivity contribution is 6.32. The van der Waals surface area contributed by atoms with Gasteiger partial charge in [-0.25, -0.2) is 9.67 Å². The van der Waals surface area contributed by atoms with Crippen LogP contribution in [0.2, 0.25) is 5.02 Å². The maximum Gasteiger partial charge on any atom is 0.436 e. The zero-order valence-corrected chi connectivity index (χ0v) is 21.1. The van der Waals surface area contributed by atoms with Gasteiger partial charge in [0.1, 0.15) is 18.8 Å². The fourth-order valence-electron chi connectivity index (χ4n) is 3.60. The monoisotopic (exact) mass is 568 g/mol. The van der Waals surface area contributed by atoms with Crippen LogP contribution in [0, 0.1) is 29.6 Å². The molecule has 0 radical (unpaired) electrons. The van der Waals surface area contributed by atoms with Gasteiger partial charge in [0.25, 0.3) is 11.8 Å². The summed E-state index contributed by atoms with van der Waals surface area (Å²) in [5.74, 6) is -1.44. The Labute approximate surface area is 228 Å². The lowest BCUT2D eigenvalue weighted by molar-refractivity contribution is -0.141. The summed E-state index contributed by atoms with van der Waals surface area (Å²) in [6.07, 6.45) is -2.73. The van der Waals surface area contributed by atoms with Crippen molar-refractivity contribution in [1.29, 1.82) is 10.5 Å². The van der Waals surface area contributed by atoms with Crippen molar-refractivity contribution >= 4 is 29.1 Å². The lowest BCUT2D eigenvalue weighted by Crippen LogP contribution is -2.26. The maximum absolute atomic E-state index is 13.5. The van der Waals surface area contributed by atoms with Crippen molar-refractivity contribution in [2.75, 3.05) is 11.9 Å². The molecule has 3 aromatic heterocycles. The number of pyridine rings is 1. The Morgan fingerprint density at radius 1 is 1.15 bits per heavy atom. The van der Waals surface area contributed by atoms with Crippen LogP contribution in [0.3, 0.4) is 0 Å². The Hall–Kier alpha value is -5.28. The van der Waals surface area contributed by atoms with E-state index in [9.17, 15) is 28.0 Å². The van der Waals surface area contributed by atoms with Gasteiger partial charge in [-0.3, -0.25) is 9.59 Å². The third kappa shape index (κ3) is 5.90. The Morgan fingerprint density at radius 3 is 2.58 bits per heavy atom. The lowest BCUT2D eigenvalue weighted by atomic mass is 10.0. The summed E-state index contributed by atoms with van der Waals surface area (Å²) in [6, 6.07) is 10.7. The van der Waals surface area contributed by atoms with E-state index in [0.717, 1.165) is 9.48 Å². The quantitative estimate of drug-likeness (QED) is 0.320. The highest BCUT2D eigenvalue weighted by atomic mass is 35.5. The van der Waals surface area contributed by atoms with Gasteiger partial charge >= 0.3 is 6.18 Å². The van der Waals surface area contributed by atoms with Crippen LogP contribution in [0.15, 0.2) is 42.7 Å². The minimum atomic E-state index is -4.69. The van der Waals surface area contributed by atoms with Crippen molar-refractivity contribution in [3.8, 4) is 18.0 Å². The third-order valence-corrected chi connectivity index (χ3v) is 5.63. The molecule has 0 aliphatic heterocycles. The SMILES string of the molecule is Cc1cc(C#N)cc(C(=O)NCC#N)c1NC(=O)c1cc(Cn2ncc(C(F)(F)F)n2)nn1-c1ncccc1Cl. The fourth-order valence-corrected chi connectivity index (χ4v) is 3.80. The molecule has 40 heavy (non-hydrogen) atoms. The second-order valence-corrected chi connectivity index (χ2v) is 8.53. The largest absolute Gasteiger partial charge is 0.436 e. The molecule has 0 saturated carbocycles. The van der Waals surface area contributed by atoms with E-state index in [2.05, 4.69) is 30.9 Å². The zero-order chi connectivity index (χ0) is 29.0. The molecular weight excluding hydrogens is 553 g/mol. The van der Waals surface area contributed by atoms with E-state index in [1.807, 2.05) is 6.07 Å². The molecule has 12 nitrogen and oxygen atoms in total. The average molecular weight is 569 g/mol. The molecule has 0 spiro atoms. The number of carbonyl (C=O) groups excluding carboxylic acids is 2. The Balaban J connectivity index is 1.75. The van der Waals surface area contributed by atoms with Crippen LogP contribution in [0.5, 0.6) is 0 Å². The number of hydrogen-bond donors (Lipinski definition) is 2. The van der Waals surface area contributed by atoms with Crippen molar-refractivity contribution < 1.29 is 22.8 Å². The summed E-state index contributed by atoms with van der Waals surface area (Å²) in [7, 11) is 0. The first-order valence-corrected chi connectivity index (χ1v) is 11.6. The van der Waals surface area contributed by atoms with Crippen LogP contribution in [0.1, 0.15) is 43.4 Å². The van der Waals surface area contributed by atoms with Crippen LogP contribution in [-0.4, -0.2) is 48.1 Å². The van der Waals surface area contributed by atoms with Gasteiger partial charge in [-0.2, -0.15) is 38.7 Å². The van der Waals surface area contributed by atoms with E-state index in [1.165, 1.54) is 30.5 Å². The molecule has 0 bridgehead atoms. The summed E-state index contributed by atoms with van der Waals surface area (Å²) in [5.41, 5.74) is -0.721. The Kier molecular flexibility index (Phi) is 7.78. The maximum atomic E-state index is 13.5. The number of nitrogens with one attached hydrogen (secondary N) is 2. The number of amides is 2. The molecule has 2 amide bonds. The number of anilines is 1. The van der Waals surface area contributed by atoms with Crippen LogP contribution in [0.4, 0.5) is 18.9 Å². The summed E-state index contributed by atoms with van der Waals surface area (Å²) in [6.45, 7) is 0.927. The molecule has 2 N–H and O–H groups in total. The fraction of sp³-hybridized carbons (Fsp3) is 0.167. The molecule has 16 heteroatoms. The van der Waals surface area contributed by atoms with E-state index in [-0.39, 0.29) is 52.1 Å². The Bertz CT molecular complexity index is 1700. The van der Waals surface area contributed by atoms with E-state index in [4.69, 9.17) is 16.9 Å². The topological polar surface area (TPSA) is 167 Å². The first-order valence-electron chi connectivity index (χ1n) is 11.2. The Morgan fingerprint density at radius 2 is 1.93 bits per heavy atom. The molecule has 1 aromatic carbocycles. The van der Waals surface area contributed by atoms with Crippen LogP contribution >= 0.6 is 11.6 Å². The number of hydrogen-bond acceptors (Lipinski definition) is 8. The van der Waals surface area contributed by atoms with E-state index < -0.39 is 23.7 Å². The van der Waals surface area contributed by atoms with Gasteiger partial charge in [-0.1, -0.05) is 11.6 Å². The summed E-state index contributed by atoms with van der Waals surface area (Å²) in [4.78, 5) is 31.2. The highest BCUT2D eigenvalue weighted by Gasteiger charge is 2.34. The molecule has 0 aliphatic carbocycles. The van der Waals surface area contributed by atoms with Gasteiger partial charge in [0.15, 0.2) is 11.5 Å².